The van der Waals surface area contributed by atoms with Crippen molar-refractivity contribution in [2.45, 2.75) is 31.6 Å². The molecular weight excluding hydrogens is 421 g/mol. The molecule has 1 N–H and O–H groups in total. The highest BCUT2D eigenvalue weighted by atomic mass is 32.2. The van der Waals surface area contributed by atoms with Gasteiger partial charge in [-0.15, -0.1) is 0 Å². The summed E-state index contributed by atoms with van der Waals surface area (Å²) in [6, 6.07) is 12.3. The summed E-state index contributed by atoms with van der Waals surface area (Å²) in [4.78, 5) is 16.5. The van der Waals surface area contributed by atoms with Gasteiger partial charge in [-0.05, 0) is 36.4 Å². The van der Waals surface area contributed by atoms with Crippen LogP contribution < -0.4 is 5.32 Å². The number of carbonyl (C=O) groups is 1. The average Bonchev–Trinajstić information content (AvgIpc) is 3.22. The minimum atomic E-state index is -3.54. The van der Waals surface area contributed by atoms with Gasteiger partial charge in [0.25, 0.3) is 0 Å². The minimum absolute atomic E-state index is 0.108. The van der Waals surface area contributed by atoms with Gasteiger partial charge in [-0.1, -0.05) is 26.0 Å². The van der Waals surface area contributed by atoms with E-state index in [9.17, 15) is 17.6 Å². The SMILES string of the molecule is CCN(CC)S(=O)(=O)c1ccc(NC(=O)CCc2ncc(-c3ccccc3F)o2)cc1. The summed E-state index contributed by atoms with van der Waals surface area (Å²) in [6.45, 7) is 4.33. The van der Waals surface area contributed by atoms with Crippen molar-refractivity contribution < 1.29 is 22.0 Å². The molecule has 1 aromatic heterocycles. The van der Waals surface area contributed by atoms with Crippen molar-refractivity contribution in [3.63, 3.8) is 0 Å². The van der Waals surface area contributed by atoms with E-state index >= 15 is 0 Å². The van der Waals surface area contributed by atoms with E-state index < -0.39 is 15.8 Å². The van der Waals surface area contributed by atoms with Crippen LogP contribution in [-0.4, -0.2) is 36.7 Å². The first-order chi connectivity index (χ1) is 14.8. The summed E-state index contributed by atoms with van der Waals surface area (Å²) in [6.07, 6.45) is 1.78. The fourth-order valence-corrected chi connectivity index (χ4v) is 4.54. The number of benzene rings is 2. The van der Waals surface area contributed by atoms with E-state index in [1.165, 1.54) is 28.7 Å². The second kappa shape index (κ2) is 9.84. The molecule has 31 heavy (non-hydrogen) atoms. The second-order valence-electron chi connectivity index (χ2n) is 6.76. The van der Waals surface area contributed by atoms with Crippen LogP contribution in [0, 0.1) is 5.82 Å². The quantitative estimate of drug-likeness (QED) is 0.536. The Kier molecular flexibility index (Phi) is 7.19. The molecule has 1 amide bonds. The third-order valence-electron chi connectivity index (χ3n) is 4.74. The third-order valence-corrected chi connectivity index (χ3v) is 6.80. The zero-order chi connectivity index (χ0) is 22.4. The minimum Gasteiger partial charge on any atom is -0.441 e. The molecule has 0 aliphatic heterocycles. The summed E-state index contributed by atoms with van der Waals surface area (Å²) in [7, 11) is -3.54. The van der Waals surface area contributed by atoms with Crippen LogP contribution in [0.5, 0.6) is 0 Å². The Hall–Kier alpha value is -3.04. The Morgan fingerprint density at radius 1 is 1.10 bits per heavy atom. The van der Waals surface area contributed by atoms with Crippen molar-refractivity contribution in [3.05, 3.63) is 66.4 Å². The maximum Gasteiger partial charge on any atom is 0.243 e. The Morgan fingerprint density at radius 3 is 2.42 bits per heavy atom. The largest absolute Gasteiger partial charge is 0.441 e. The molecule has 164 valence electrons. The Morgan fingerprint density at radius 2 is 1.77 bits per heavy atom. The van der Waals surface area contributed by atoms with E-state index in [2.05, 4.69) is 10.3 Å². The highest BCUT2D eigenvalue weighted by Crippen LogP contribution is 2.24. The van der Waals surface area contributed by atoms with E-state index in [0.717, 1.165) is 0 Å². The molecule has 0 aliphatic rings. The van der Waals surface area contributed by atoms with Gasteiger partial charge in [0, 0.05) is 31.6 Å². The molecule has 0 spiro atoms. The van der Waals surface area contributed by atoms with Crippen molar-refractivity contribution in [1.82, 2.24) is 9.29 Å². The maximum atomic E-state index is 13.8. The molecule has 9 heteroatoms. The normalized spacial score (nSPS) is 11.6. The van der Waals surface area contributed by atoms with Gasteiger partial charge in [-0.2, -0.15) is 4.31 Å². The van der Waals surface area contributed by atoms with E-state index in [1.54, 1.807) is 44.2 Å². The zero-order valence-electron chi connectivity index (χ0n) is 17.3. The van der Waals surface area contributed by atoms with Crippen molar-refractivity contribution >= 4 is 21.6 Å². The number of rotatable bonds is 9. The molecule has 0 unspecified atom stereocenters. The number of anilines is 1. The maximum absolute atomic E-state index is 13.8. The number of oxazole rings is 1. The number of sulfonamides is 1. The lowest BCUT2D eigenvalue weighted by molar-refractivity contribution is -0.116. The highest BCUT2D eigenvalue weighted by molar-refractivity contribution is 7.89. The number of carbonyl (C=O) groups excluding carboxylic acids is 1. The van der Waals surface area contributed by atoms with Crippen LogP contribution in [0.4, 0.5) is 10.1 Å². The molecule has 0 radical (unpaired) electrons. The molecule has 0 aliphatic carbocycles. The lowest BCUT2D eigenvalue weighted by atomic mass is 10.2. The summed E-state index contributed by atoms with van der Waals surface area (Å²) in [5.41, 5.74) is 0.799. The first-order valence-corrected chi connectivity index (χ1v) is 11.4. The molecule has 0 bridgehead atoms. The number of hydrogen-bond donors (Lipinski definition) is 1. The lowest BCUT2D eigenvalue weighted by Crippen LogP contribution is -2.30. The first-order valence-electron chi connectivity index (χ1n) is 9.94. The number of amides is 1. The molecule has 0 fully saturated rings. The molecule has 2 aromatic carbocycles. The molecule has 1 heterocycles. The van der Waals surface area contributed by atoms with Gasteiger partial charge in [0.05, 0.1) is 16.7 Å². The van der Waals surface area contributed by atoms with E-state index in [0.29, 0.717) is 36.0 Å². The van der Waals surface area contributed by atoms with Crippen molar-refractivity contribution in [2.24, 2.45) is 0 Å². The van der Waals surface area contributed by atoms with Crippen molar-refractivity contribution in [1.29, 1.82) is 0 Å². The first kappa shape index (κ1) is 22.6. The van der Waals surface area contributed by atoms with Crippen LogP contribution in [0.15, 0.2) is 64.0 Å². The predicted molar refractivity (Wildman–Crippen MR) is 115 cm³/mol. The highest BCUT2D eigenvalue weighted by Gasteiger charge is 2.21. The molecule has 7 nitrogen and oxygen atoms in total. The number of aryl methyl sites for hydroxylation is 1. The third kappa shape index (κ3) is 5.36. The molecule has 0 saturated carbocycles. The zero-order valence-corrected chi connectivity index (χ0v) is 18.2. The monoisotopic (exact) mass is 445 g/mol. The number of halogens is 1. The Bertz CT molecular complexity index is 1140. The van der Waals surface area contributed by atoms with Gasteiger partial charge in [0.1, 0.15) is 5.82 Å². The summed E-state index contributed by atoms with van der Waals surface area (Å²) in [5.74, 6) is -0.0491. The predicted octanol–water partition coefficient (Wildman–Crippen LogP) is 4.08. The van der Waals surface area contributed by atoms with Gasteiger partial charge >= 0.3 is 0 Å². The molecule has 3 rings (SSSR count). The van der Waals surface area contributed by atoms with Crippen molar-refractivity contribution in [3.8, 4) is 11.3 Å². The Labute approximate surface area is 181 Å². The standard InChI is InChI=1S/C22H24FN3O4S/c1-3-26(4-2)31(28,29)17-11-9-16(10-12-17)25-21(27)13-14-22-24-15-20(30-22)18-7-5-6-8-19(18)23/h5-12,15H,3-4,13-14H2,1-2H3,(H,25,27). The van der Waals surface area contributed by atoms with Crippen LogP contribution >= 0.6 is 0 Å². The summed E-state index contributed by atoms with van der Waals surface area (Å²) >= 11 is 0. The molecule has 0 saturated heterocycles. The topological polar surface area (TPSA) is 92.5 Å². The number of hydrogen-bond acceptors (Lipinski definition) is 5. The van der Waals surface area contributed by atoms with Crippen LogP contribution in [0.25, 0.3) is 11.3 Å². The van der Waals surface area contributed by atoms with Gasteiger partial charge < -0.3 is 9.73 Å². The van der Waals surface area contributed by atoms with Crippen LogP contribution in [-0.2, 0) is 21.2 Å². The number of nitrogens with zero attached hydrogens (tertiary/aromatic N) is 2. The lowest BCUT2D eigenvalue weighted by Gasteiger charge is -2.18. The second-order valence-corrected chi connectivity index (χ2v) is 8.70. The van der Waals surface area contributed by atoms with Gasteiger partial charge in [0.15, 0.2) is 11.7 Å². The smallest absolute Gasteiger partial charge is 0.243 e. The van der Waals surface area contributed by atoms with Crippen LogP contribution in [0.3, 0.4) is 0 Å². The fourth-order valence-electron chi connectivity index (χ4n) is 3.08. The van der Waals surface area contributed by atoms with E-state index in [-0.39, 0.29) is 23.6 Å². The number of nitrogens with one attached hydrogen (secondary N) is 1. The van der Waals surface area contributed by atoms with Gasteiger partial charge in [0.2, 0.25) is 15.9 Å². The molecule has 0 atom stereocenters. The van der Waals surface area contributed by atoms with Gasteiger partial charge in [-0.3, -0.25) is 4.79 Å². The van der Waals surface area contributed by atoms with E-state index in [4.69, 9.17) is 4.42 Å². The van der Waals surface area contributed by atoms with Crippen molar-refractivity contribution in [2.75, 3.05) is 18.4 Å². The Balaban J connectivity index is 1.58. The fraction of sp³-hybridized carbons (Fsp3) is 0.273. The molecule has 3 aromatic rings. The molecular formula is C22H24FN3O4S. The summed E-state index contributed by atoms with van der Waals surface area (Å²) in [5, 5.41) is 2.72. The van der Waals surface area contributed by atoms with Crippen LogP contribution in [0.1, 0.15) is 26.2 Å². The van der Waals surface area contributed by atoms with Crippen LogP contribution in [0.2, 0.25) is 0 Å². The van der Waals surface area contributed by atoms with Gasteiger partial charge in [-0.25, -0.2) is 17.8 Å². The average molecular weight is 446 g/mol. The number of aromatic nitrogens is 1. The summed E-state index contributed by atoms with van der Waals surface area (Å²) < 4.78 is 45.8. The van der Waals surface area contributed by atoms with E-state index in [1.807, 2.05) is 0 Å².